The molecule has 204 valence electrons. The summed E-state index contributed by atoms with van der Waals surface area (Å²) in [5, 5.41) is 0. The number of carbonyl (C=O) groups excluding carboxylic acids is 1. The Morgan fingerprint density at radius 2 is 1.64 bits per heavy atom. The highest BCUT2D eigenvalue weighted by Crippen LogP contribution is 2.75. The molecule has 0 spiro atoms. The number of allylic oxidation sites excluding steroid dienone is 3. The maximum atomic E-state index is 13.8. The zero-order valence-corrected chi connectivity index (χ0v) is 26.0. The predicted molar refractivity (Wildman–Crippen MR) is 155 cm³/mol. The van der Waals surface area contributed by atoms with Crippen molar-refractivity contribution in [2.75, 3.05) is 0 Å². The molecule has 0 saturated heterocycles. The van der Waals surface area contributed by atoms with Crippen LogP contribution in [-0.4, -0.2) is 5.78 Å². The number of rotatable bonds is 4. The first-order chi connectivity index (χ1) is 16.3. The number of hydrogen-bond donors (Lipinski definition) is 0. The van der Waals surface area contributed by atoms with Crippen LogP contribution in [-0.2, 0) is 4.79 Å². The SMILES string of the molecule is C=C(C[C@@H](C)C(C)(C)[C@H]1CC[C@@]2(C)C3=CC(=O)[C@H]4C[C@@H](C)[C@@H](C)C[C@]4(C)C3[C@H](C)C[C@]12C)C(C)(C)C. The van der Waals surface area contributed by atoms with E-state index in [4.69, 9.17) is 0 Å². The summed E-state index contributed by atoms with van der Waals surface area (Å²) in [5.74, 6) is 4.49. The minimum atomic E-state index is 0.127. The Labute approximate surface area is 224 Å². The van der Waals surface area contributed by atoms with Crippen LogP contribution in [0.25, 0.3) is 0 Å². The van der Waals surface area contributed by atoms with Crippen LogP contribution >= 0.6 is 0 Å². The molecule has 10 atom stereocenters. The summed E-state index contributed by atoms with van der Waals surface area (Å²) in [6, 6.07) is 0. The average molecular weight is 495 g/mol. The van der Waals surface area contributed by atoms with Crippen molar-refractivity contribution in [1.82, 2.24) is 0 Å². The first kappa shape index (κ1) is 28.2. The molecule has 0 aromatic rings. The van der Waals surface area contributed by atoms with E-state index in [1.165, 1.54) is 31.3 Å². The van der Waals surface area contributed by atoms with E-state index in [2.05, 4.69) is 95.7 Å². The van der Waals surface area contributed by atoms with Crippen LogP contribution in [0.5, 0.6) is 0 Å². The molecule has 0 bridgehead atoms. The van der Waals surface area contributed by atoms with Gasteiger partial charge >= 0.3 is 0 Å². The largest absolute Gasteiger partial charge is 0.295 e. The van der Waals surface area contributed by atoms with Crippen LogP contribution in [0.15, 0.2) is 23.8 Å². The molecule has 1 nitrogen and oxygen atoms in total. The third-order valence-electron chi connectivity index (χ3n) is 13.5. The Bertz CT molecular complexity index is 944. The topological polar surface area (TPSA) is 17.1 Å². The zero-order chi connectivity index (χ0) is 27.2. The van der Waals surface area contributed by atoms with Crippen LogP contribution in [0, 0.1) is 68.5 Å². The van der Waals surface area contributed by atoms with E-state index in [0.29, 0.717) is 41.3 Å². The highest BCUT2D eigenvalue weighted by molar-refractivity contribution is 5.94. The normalized spacial score (nSPS) is 45.9. The van der Waals surface area contributed by atoms with E-state index in [1.54, 1.807) is 5.57 Å². The summed E-state index contributed by atoms with van der Waals surface area (Å²) in [6.07, 6.45) is 9.44. The molecule has 0 aliphatic heterocycles. The Hall–Kier alpha value is -0.850. The average Bonchev–Trinajstić information content (AvgIpc) is 3.01. The van der Waals surface area contributed by atoms with E-state index in [1.807, 2.05) is 0 Å². The van der Waals surface area contributed by atoms with Gasteiger partial charge in [-0.2, -0.15) is 0 Å². The third-order valence-corrected chi connectivity index (χ3v) is 13.5. The van der Waals surface area contributed by atoms with Crippen LogP contribution < -0.4 is 0 Å². The first-order valence-corrected chi connectivity index (χ1v) is 15.2. The Kier molecular flexibility index (Phi) is 6.71. The van der Waals surface area contributed by atoms with Gasteiger partial charge in [0.15, 0.2) is 5.78 Å². The lowest BCUT2D eigenvalue weighted by atomic mass is 9.39. The molecular weight excluding hydrogens is 436 g/mol. The van der Waals surface area contributed by atoms with Crippen molar-refractivity contribution in [3.63, 3.8) is 0 Å². The number of fused-ring (bicyclic) bond motifs is 5. The molecule has 1 unspecified atom stereocenters. The monoisotopic (exact) mass is 494 g/mol. The summed E-state index contributed by atoms with van der Waals surface area (Å²) < 4.78 is 0. The van der Waals surface area contributed by atoms with Gasteiger partial charge in [0.05, 0.1) is 0 Å². The van der Waals surface area contributed by atoms with Gasteiger partial charge in [-0.25, -0.2) is 0 Å². The lowest BCUT2D eigenvalue weighted by Crippen LogP contribution is -2.59. The quantitative estimate of drug-likeness (QED) is 0.355. The fraction of sp³-hybridized carbons (Fsp3) is 0.857. The smallest absolute Gasteiger partial charge is 0.159 e. The van der Waals surface area contributed by atoms with Gasteiger partial charge in [0.2, 0.25) is 0 Å². The molecule has 0 N–H and O–H groups in total. The fourth-order valence-electron chi connectivity index (χ4n) is 10.4. The molecule has 0 aromatic carbocycles. The van der Waals surface area contributed by atoms with Gasteiger partial charge in [0.25, 0.3) is 0 Å². The van der Waals surface area contributed by atoms with E-state index in [-0.39, 0.29) is 33.0 Å². The van der Waals surface area contributed by atoms with Gasteiger partial charge in [-0.05, 0) is 107 Å². The maximum absolute atomic E-state index is 13.8. The fourth-order valence-corrected chi connectivity index (χ4v) is 10.4. The standard InChI is InChI=1S/C35H58O/c1-21-16-26-28(36)18-27-30(33(26,11)19-22(21)2)23(3)20-35(13)29(14-15-34(27,35)12)32(9,10)25(5)17-24(4)31(6,7)8/h18,21-23,25-26,29-30H,4,14-17,19-20H2,1-3,5-13H3/t21-,22+,23-,25-,26-,29-,30?,33+,34+,35-/m1/s1. The van der Waals surface area contributed by atoms with Gasteiger partial charge in [-0.3, -0.25) is 4.79 Å². The minimum Gasteiger partial charge on any atom is -0.295 e. The molecule has 4 rings (SSSR count). The van der Waals surface area contributed by atoms with E-state index >= 15 is 0 Å². The van der Waals surface area contributed by atoms with Crippen molar-refractivity contribution in [1.29, 1.82) is 0 Å². The molecule has 1 heteroatoms. The maximum Gasteiger partial charge on any atom is 0.159 e. The lowest BCUT2D eigenvalue weighted by Gasteiger charge is -2.64. The van der Waals surface area contributed by atoms with Crippen LogP contribution in [0.4, 0.5) is 0 Å². The second-order valence-electron chi connectivity index (χ2n) is 16.7. The molecule has 3 fully saturated rings. The van der Waals surface area contributed by atoms with Crippen molar-refractivity contribution < 1.29 is 4.79 Å². The van der Waals surface area contributed by atoms with Crippen molar-refractivity contribution in [3.8, 4) is 0 Å². The lowest BCUT2D eigenvalue weighted by molar-refractivity contribution is -0.139. The molecule has 36 heavy (non-hydrogen) atoms. The predicted octanol–water partition coefficient (Wildman–Crippen LogP) is 9.92. The minimum absolute atomic E-state index is 0.127. The van der Waals surface area contributed by atoms with Gasteiger partial charge in [-0.15, -0.1) is 0 Å². The Morgan fingerprint density at radius 3 is 2.22 bits per heavy atom. The molecule has 0 radical (unpaired) electrons. The highest BCUT2D eigenvalue weighted by Gasteiger charge is 2.68. The zero-order valence-electron chi connectivity index (χ0n) is 26.0. The van der Waals surface area contributed by atoms with Gasteiger partial charge in [-0.1, -0.05) is 101 Å². The van der Waals surface area contributed by atoms with E-state index < -0.39 is 0 Å². The molecule has 4 aliphatic rings. The number of ketones is 1. The van der Waals surface area contributed by atoms with Crippen molar-refractivity contribution in [2.24, 2.45) is 68.5 Å². The number of hydrogen-bond acceptors (Lipinski definition) is 1. The van der Waals surface area contributed by atoms with E-state index in [0.717, 1.165) is 12.8 Å². The number of carbonyl (C=O) groups is 1. The van der Waals surface area contributed by atoms with Crippen LogP contribution in [0.1, 0.15) is 122 Å². The molecule has 0 heterocycles. The Balaban J connectivity index is 1.72. The second kappa shape index (κ2) is 8.58. The van der Waals surface area contributed by atoms with Gasteiger partial charge in [0.1, 0.15) is 0 Å². The summed E-state index contributed by atoms with van der Waals surface area (Å²) >= 11 is 0. The van der Waals surface area contributed by atoms with Crippen molar-refractivity contribution in [3.05, 3.63) is 23.8 Å². The summed E-state index contributed by atoms with van der Waals surface area (Å²) in [5.41, 5.74) is 3.81. The summed E-state index contributed by atoms with van der Waals surface area (Å²) in [4.78, 5) is 13.8. The second-order valence-corrected chi connectivity index (χ2v) is 16.7. The van der Waals surface area contributed by atoms with Crippen molar-refractivity contribution >= 4 is 5.78 Å². The third kappa shape index (κ3) is 3.87. The van der Waals surface area contributed by atoms with Crippen molar-refractivity contribution in [2.45, 2.75) is 122 Å². The summed E-state index contributed by atoms with van der Waals surface area (Å²) in [7, 11) is 0. The molecule has 0 aromatic heterocycles. The van der Waals surface area contributed by atoms with Gasteiger partial charge in [0, 0.05) is 5.92 Å². The summed E-state index contributed by atoms with van der Waals surface area (Å²) in [6.45, 7) is 34.0. The van der Waals surface area contributed by atoms with Crippen LogP contribution in [0.3, 0.4) is 0 Å². The highest BCUT2D eigenvalue weighted by atomic mass is 16.1. The first-order valence-electron chi connectivity index (χ1n) is 15.2. The van der Waals surface area contributed by atoms with Gasteiger partial charge < -0.3 is 0 Å². The molecule has 4 aliphatic carbocycles. The molecular formula is C35H58O. The van der Waals surface area contributed by atoms with Crippen LogP contribution in [0.2, 0.25) is 0 Å². The van der Waals surface area contributed by atoms with E-state index in [9.17, 15) is 4.79 Å². The molecule has 3 saturated carbocycles. The molecule has 0 amide bonds. The Morgan fingerprint density at radius 1 is 1.03 bits per heavy atom.